The average Bonchev–Trinajstić information content (AvgIpc) is 3.01. The van der Waals surface area contributed by atoms with Crippen molar-refractivity contribution in [2.24, 2.45) is 7.05 Å². The van der Waals surface area contributed by atoms with E-state index in [4.69, 9.17) is 0 Å². The van der Waals surface area contributed by atoms with Gasteiger partial charge in [-0.15, -0.1) is 0 Å². The zero-order chi connectivity index (χ0) is 16.1. The van der Waals surface area contributed by atoms with Crippen LogP contribution in [0.2, 0.25) is 0 Å². The number of nitrogens with one attached hydrogen (secondary N) is 1. The van der Waals surface area contributed by atoms with Gasteiger partial charge >= 0.3 is 0 Å². The van der Waals surface area contributed by atoms with Gasteiger partial charge in [-0.1, -0.05) is 30.3 Å². The number of aromatic nitrogens is 2. The molecule has 122 valence electrons. The number of carbonyl (C=O) groups is 1. The standard InChI is InChI=1S/C17H22N4OS/c1-20-13-14(12-19-20)11-18-17(22)16(15-5-3-2-4-6-15)21-7-9-23-10-8-21/h2-6,12-13,16H,7-11H2,1H3,(H,18,22)/t16-/m1/s1. The Hall–Kier alpha value is -1.79. The first-order valence-electron chi connectivity index (χ1n) is 7.86. The maximum Gasteiger partial charge on any atom is 0.242 e. The fourth-order valence-electron chi connectivity index (χ4n) is 2.85. The van der Waals surface area contributed by atoms with E-state index in [1.54, 1.807) is 10.9 Å². The summed E-state index contributed by atoms with van der Waals surface area (Å²) in [5, 5.41) is 7.21. The summed E-state index contributed by atoms with van der Waals surface area (Å²) in [4.78, 5) is 15.1. The first kappa shape index (κ1) is 16.1. The summed E-state index contributed by atoms with van der Waals surface area (Å²) < 4.78 is 1.75. The molecule has 2 heterocycles. The topological polar surface area (TPSA) is 50.2 Å². The summed E-state index contributed by atoms with van der Waals surface area (Å²) in [6.07, 6.45) is 3.71. The predicted octanol–water partition coefficient (Wildman–Crippen LogP) is 1.83. The number of rotatable bonds is 5. The second kappa shape index (κ2) is 7.66. The van der Waals surface area contributed by atoms with Crippen LogP contribution in [0.3, 0.4) is 0 Å². The van der Waals surface area contributed by atoms with Crippen molar-refractivity contribution < 1.29 is 4.79 Å². The van der Waals surface area contributed by atoms with Gasteiger partial charge in [-0.25, -0.2) is 0 Å². The average molecular weight is 330 g/mol. The number of carbonyl (C=O) groups excluding carboxylic acids is 1. The van der Waals surface area contributed by atoms with Gasteiger partial charge < -0.3 is 5.32 Å². The zero-order valence-electron chi connectivity index (χ0n) is 13.3. The van der Waals surface area contributed by atoms with Crippen molar-refractivity contribution >= 4 is 17.7 Å². The van der Waals surface area contributed by atoms with E-state index in [0.29, 0.717) is 6.54 Å². The van der Waals surface area contributed by atoms with Crippen molar-refractivity contribution in [2.75, 3.05) is 24.6 Å². The van der Waals surface area contributed by atoms with Crippen molar-refractivity contribution in [2.45, 2.75) is 12.6 Å². The first-order valence-corrected chi connectivity index (χ1v) is 9.01. The van der Waals surface area contributed by atoms with Crippen molar-refractivity contribution in [3.05, 3.63) is 53.9 Å². The number of thioether (sulfide) groups is 1. The van der Waals surface area contributed by atoms with Crippen LogP contribution < -0.4 is 5.32 Å². The molecule has 0 radical (unpaired) electrons. The highest BCUT2D eigenvalue weighted by atomic mass is 32.2. The molecular formula is C17H22N4OS. The van der Waals surface area contributed by atoms with E-state index in [0.717, 1.165) is 35.7 Å². The molecule has 23 heavy (non-hydrogen) atoms. The molecule has 2 aromatic rings. The number of hydrogen-bond donors (Lipinski definition) is 1. The third-order valence-corrected chi connectivity index (χ3v) is 4.94. The molecule has 0 unspecified atom stereocenters. The molecule has 1 amide bonds. The minimum atomic E-state index is -0.214. The summed E-state index contributed by atoms with van der Waals surface area (Å²) >= 11 is 1.95. The van der Waals surface area contributed by atoms with Crippen LogP contribution in [-0.2, 0) is 18.4 Å². The van der Waals surface area contributed by atoms with Gasteiger partial charge in [0.15, 0.2) is 0 Å². The van der Waals surface area contributed by atoms with E-state index >= 15 is 0 Å². The molecule has 0 bridgehead atoms. The van der Waals surface area contributed by atoms with Crippen LogP contribution in [0.15, 0.2) is 42.7 Å². The number of nitrogens with zero attached hydrogens (tertiary/aromatic N) is 3. The highest BCUT2D eigenvalue weighted by Crippen LogP contribution is 2.24. The van der Waals surface area contributed by atoms with Gasteiger partial charge in [-0.2, -0.15) is 16.9 Å². The lowest BCUT2D eigenvalue weighted by atomic mass is 10.0. The second-order valence-electron chi connectivity index (χ2n) is 5.70. The molecule has 1 saturated heterocycles. The van der Waals surface area contributed by atoms with E-state index in [-0.39, 0.29) is 11.9 Å². The molecule has 1 aliphatic rings. The fraction of sp³-hybridized carbons (Fsp3) is 0.412. The van der Waals surface area contributed by atoms with Crippen LogP contribution in [-0.4, -0.2) is 45.2 Å². The lowest BCUT2D eigenvalue weighted by Gasteiger charge is -2.33. The molecule has 1 aliphatic heterocycles. The quantitative estimate of drug-likeness (QED) is 0.909. The van der Waals surface area contributed by atoms with Crippen LogP contribution in [0.25, 0.3) is 0 Å². The Morgan fingerprint density at radius 1 is 1.30 bits per heavy atom. The van der Waals surface area contributed by atoms with Crippen molar-refractivity contribution in [1.29, 1.82) is 0 Å². The Morgan fingerprint density at radius 2 is 2.04 bits per heavy atom. The summed E-state index contributed by atoms with van der Waals surface area (Å²) in [5.74, 6) is 2.23. The van der Waals surface area contributed by atoms with E-state index in [1.807, 2.05) is 55.3 Å². The summed E-state index contributed by atoms with van der Waals surface area (Å²) in [7, 11) is 1.88. The molecule has 1 fully saturated rings. The van der Waals surface area contributed by atoms with Crippen molar-refractivity contribution in [1.82, 2.24) is 20.0 Å². The minimum absolute atomic E-state index is 0.0620. The molecular weight excluding hydrogens is 308 g/mol. The highest BCUT2D eigenvalue weighted by molar-refractivity contribution is 7.99. The summed E-state index contributed by atoms with van der Waals surface area (Å²) in [5.41, 5.74) is 2.07. The number of benzene rings is 1. The van der Waals surface area contributed by atoms with E-state index in [9.17, 15) is 4.79 Å². The van der Waals surface area contributed by atoms with Gasteiger partial charge in [0.1, 0.15) is 6.04 Å². The lowest BCUT2D eigenvalue weighted by Crippen LogP contribution is -2.44. The normalized spacial score (nSPS) is 16.9. The Morgan fingerprint density at radius 3 is 2.70 bits per heavy atom. The van der Waals surface area contributed by atoms with Gasteiger partial charge in [-0.3, -0.25) is 14.4 Å². The van der Waals surface area contributed by atoms with Crippen molar-refractivity contribution in [3.63, 3.8) is 0 Å². The van der Waals surface area contributed by atoms with Crippen LogP contribution >= 0.6 is 11.8 Å². The first-order chi connectivity index (χ1) is 11.2. The SMILES string of the molecule is Cn1cc(CNC(=O)[C@@H](c2ccccc2)N2CCSCC2)cn1. The molecule has 0 aliphatic carbocycles. The monoisotopic (exact) mass is 330 g/mol. The van der Waals surface area contributed by atoms with Gasteiger partial charge in [-0.05, 0) is 5.56 Å². The van der Waals surface area contributed by atoms with Gasteiger partial charge in [0.2, 0.25) is 5.91 Å². The molecule has 3 rings (SSSR count). The van der Waals surface area contributed by atoms with Gasteiger partial charge in [0, 0.05) is 49.9 Å². The third-order valence-electron chi connectivity index (χ3n) is 4.00. The zero-order valence-corrected chi connectivity index (χ0v) is 14.1. The van der Waals surface area contributed by atoms with E-state index in [1.165, 1.54) is 0 Å². The lowest BCUT2D eigenvalue weighted by molar-refractivity contribution is -0.126. The van der Waals surface area contributed by atoms with Gasteiger partial charge in [0.05, 0.1) is 6.20 Å². The molecule has 6 heteroatoms. The largest absolute Gasteiger partial charge is 0.350 e. The fourth-order valence-corrected chi connectivity index (χ4v) is 3.78. The molecule has 0 spiro atoms. The second-order valence-corrected chi connectivity index (χ2v) is 6.93. The maximum absolute atomic E-state index is 12.8. The molecule has 1 aromatic heterocycles. The van der Waals surface area contributed by atoms with Crippen LogP contribution in [0.5, 0.6) is 0 Å². The van der Waals surface area contributed by atoms with Gasteiger partial charge in [0.25, 0.3) is 0 Å². The van der Waals surface area contributed by atoms with Crippen LogP contribution in [0, 0.1) is 0 Å². The molecule has 1 N–H and O–H groups in total. The molecule has 1 aromatic carbocycles. The van der Waals surface area contributed by atoms with E-state index < -0.39 is 0 Å². The number of aryl methyl sites for hydroxylation is 1. The smallest absolute Gasteiger partial charge is 0.242 e. The highest BCUT2D eigenvalue weighted by Gasteiger charge is 2.28. The summed E-state index contributed by atoms with van der Waals surface area (Å²) in [6.45, 7) is 2.41. The Bertz CT molecular complexity index is 637. The third kappa shape index (κ3) is 4.14. The maximum atomic E-state index is 12.8. The molecule has 1 atom stereocenters. The van der Waals surface area contributed by atoms with Crippen molar-refractivity contribution in [3.8, 4) is 0 Å². The summed E-state index contributed by atoms with van der Waals surface area (Å²) in [6, 6.07) is 9.84. The molecule has 0 saturated carbocycles. The number of amides is 1. The van der Waals surface area contributed by atoms with Crippen LogP contribution in [0.1, 0.15) is 17.2 Å². The molecule has 5 nitrogen and oxygen atoms in total. The van der Waals surface area contributed by atoms with E-state index in [2.05, 4.69) is 15.3 Å². The predicted molar refractivity (Wildman–Crippen MR) is 93.1 cm³/mol. The number of hydrogen-bond acceptors (Lipinski definition) is 4. The Labute approximate surface area is 141 Å². The minimum Gasteiger partial charge on any atom is -0.350 e. The Kier molecular flexibility index (Phi) is 5.35. The Balaban J connectivity index is 1.72. The van der Waals surface area contributed by atoms with Crippen LogP contribution in [0.4, 0.5) is 0 Å².